The molecular formula is C15H13N5OS. The fourth-order valence-electron chi connectivity index (χ4n) is 2.68. The van der Waals surface area contributed by atoms with Gasteiger partial charge < -0.3 is 10.7 Å². The SMILES string of the molecule is Cc1cc2c(cc1Sc1nc3ncnc(N)c3[nH]1)C(=O)CC2. The molecule has 2 heterocycles. The number of hydrogen-bond donors (Lipinski definition) is 2. The molecule has 110 valence electrons. The van der Waals surface area contributed by atoms with Crippen LogP contribution in [0, 0.1) is 6.92 Å². The molecule has 3 aromatic rings. The van der Waals surface area contributed by atoms with E-state index < -0.39 is 0 Å². The van der Waals surface area contributed by atoms with Crippen LogP contribution in [0.15, 0.2) is 28.5 Å². The van der Waals surface area contributed by atoms with Crippen LogP contribution in [0.1, 0.15) is 27.9 Å². The van der Waals surface area contributed by atoms with Crippen LogP contribution in [0.3, 0.4) is 0 Å². The van der Waals surface area contributed by atoms with Crippen LogP contribution in [-0.2, 0) is 6.42 Å². The van der Waals surface area contributed by atoms with Crippen molar-refractivity contribution >= 4 is 34.5 Å². The van der Waals surface area contributed by atoms with Crippen molar-refractivity contribution < 1.29 is 4.79 Å². The van der Waals surface area contributed by atoms with Gasteiger partial charge in [0, 0.05) is 16.9 Å². The maximum atomic E-state index is 11.9. The van der Waals surface area contributed by atoms with Crippen LogP contribution in [-0.4, -0.2) is 25.7 Å². The van der Waals surface area contributed by atoms with Gasteiger partial charge in [-0.3, -0.25) is 4.79 Å². The number of aromatic nitrogens is 4. The molecule has 0 bridgehead atoms. The summed E-state index contributed by atoms with van der Waals surface area (Å²) in [7, 11) is 0. The number of Topliss-reactive ketones (excluding diaryl/α,β-unsaturated/α-hetero) is 1. The van der Waals surface area contributed by atoms with Crippen LogP contribution in [0.25, 0.3) is 11.2 Å². The molecule has 0 radical (unpaired) electrons. The Balaban J connectivity index is 1.75. The number of carbonyl (C=O) groups excluding carboxylic acids is 1. The Hall–Kier alpha value is -2.41. The van der Waals surface area contributed by atoms with E-state index in [-0.39, 0.29) is 5.78 Å². The molecular weight excluding hydrogens is 298 g/mol. The number of carbonyl (C=O) groups is 1. The Labute approximate surface area is 130 Å². The predicted octanol–water partition coefficient (Wildman–Crippen LogP) is 2.52. The number of H-pyrrole nitrogens is 1. The van der Waals surface area contributed by atoms with E-state index in [1.807, 2.05) is 13.0 Å². The number of nitrogens with zero attached hydrogens (tertiary/aromatic N) is 3. The number of aromatic amines is 1. The number of imidazole rings is 1. The fraction of sp³-hybridized carbons (Fsp3) is 0.200. The number of nitrogen functional groups attached to an aromatic ring is 1. The van der Waals surface area contributed by atoms with E-state index in [2.05, 4.69) is 26.0 Å². The summed E-state index contributed by atoms with van der Waals surface area (Å²) in [6.07, 6.45) is 2.85. The van der Waals surface area contributed by atoms with Gasteiger partial charge in [0.15, 0.2) is 22.4 Å². The number of anilines is 1. The van der Waals surface area contributed by atoms with Gasteiger partial charge in [-0.2, -0.15) is 0 Å². The third-order valence-corrected chi connectivity index (χ3v) is 4.87. The normalized spacial score (nSPS) is 13.8. The van der Waals surface area contributed by atoms with Crippen LogP contribution >= 0.6 is 11.8 Å². The van der Waals surface area contributed by atoms with Gasteiger partial charge in [0.1, 0.15) is 11.8 Å². The summed E-state index contributed by atoms with van der Waals surface area (Å²) in [5, 5.41) is 0.690. The topological polar surface area (TPSA) is 97.5 Å². The average molecular weight is 311 g/mol. The monoisotopic (exact) mass is 311 g/mol. The van der Waals surface area contributed by atoms with Crippen LogP contribution in [0.4, 0.5) is 5.82 Å². The Kier molecular flexibility index (Phi) is 2.90. The molecule has 3 N–H and O–H groups in total. The number of benzene rings is 1. The van der Waals surface area contributed by atoms with E-state index in [1.165, 1.54) is 18.1 Å². The largest absolute Gasteiger partial charge is 0.382 e. The Morgan fingerprint density at radius 3 is 2.95 bits per heavy atom. The number of fused-ring (bicyclic) bond motifs is 2. The second-order valence-electron chi connectivity index (χ2n) is 5.30. The van der Waals surface area contributed by atoms with E-state index in [1.54, 1.807) is 0 Å². The highest BCUT2D eigenvalue weighted by Gasteiger charge is 2.21. The van der Waals surface area contributed by atoms with Gasteiger partial charge in [-0.25, -0.2) is 15.0 Å². The Morgan fingerprint density at radius 2 is 2.14 bits per heavy atom. The third-order valence-electron chi connectivity index (χ3n) is 3.83. The zero-order valence-corrected chi connectivity index (χ0v) is 12.7. The molecule has 1 aromatic carbocycles. The second kappa shape index (κ2) is 4.81. The van der Waals surface area contributed by atoms with Crippen LogP contribution < -0.4 is 5.73 Å². The molecule has 0 amide bonds. The first-order valence-corrected chi connectivity index (χ1v) is 7.74. The molecule has 0 spiro atoms. The van der Waals surface area contributed by atoms with Crippen molar-refractivity contribution in [2.75, 3.05) is 5.73 Å². The number of nitrogens with one attached hydrogen (secondary N) is 1. The summed E-state index contributed by atoms with van der Waals surface area (Å²) in [5.74, 6) is 0.599. The summed E-state index contributed by atoms with van der Waals surface area (Å²) in [6, 6.07) is 4.06. The number of hydrogen-bond acceptors (Lipinski definition) is 6. The van der Waals surface area contributed by atoms with E-state index in [9.17, 15) is 4.79 Å². The molecule has 0 saturated carbocycles. The Morgan fingerprint density at radius 1 is 1.27 bits per heavy atom. The van der Waals surface area contributed by atoms with E-state index >= 15 is 0 Å². The summed E-state index contributed by atoms with van der Waals surface area (Å²) < 4.78 is 0. The number of aryl methyl sites for hydroxylation is 2. The maximum Gasteiger partial charge on any atom is 0.183 e. The first kappa shape index (κ1) is 13.3. The van der Waals surface area contributed by atoms with Crippen molar-refractivity contribution in [1.29, 1.82) is 0 Å². The van der Waals surface area contributed by atoms with Crippen molar-refractivity contribution in [2.45, 2.75) is 29.8 Å². The summed E-state index contributed by atoms with van der Waals surface area (Å²) in [6.45, 7) is 2.04. The van der Waals surface area contributed by atoms with Crippen molar-refractivity contribution in [3.63, 3.8) is 0 Å². The average Bonchev–Trinajstić information content (AvgIpc) is 3.05. The van der Waals surface area contributed by atoms with E-state index in [0.29, 0.717) is 28.6 Å². The molecule has 0 unspecified atom stereocenters. The van der Waals surface area contributed by atoms with Gasteiger partial charge in [-0.1, -0.05) is 17.8 Å². The predicted molar refractivity (Wildman–Crippen MR) is 84.0 cm³/mol. The lowest BCUT2D eigenvalue weighted by Gasteiger charge is -2.06. The molecule has 1 aliphatic carbocycles. The van der Waals surface area contributed by atoms with Gasteiger partial charge in [0.2, 0.25) is 0 Å². The van der Waals surface area contributed by atoms with Crippen molar-refractivity contribution in [1.82, 2.24) is 19.9 Å². The molecule has 1 aliphatic rings. The smallest absolute Gasteiger partial charge is 0.183 e. The molecule has 0 fully saturated rings. The van der Waals surface area contributed by atoms with Gasteiger partial charge in [-0.15, -0.1) is 0 Å². The highest BCUT2D eigenvalue weighted by Crippen LogP contribution is 2.34. The molecule has 7 heteroatoms. The highest BCUT2D eigenvalue weighted by molar-refractivity contribution is 7.99. The van der Waals surface area contributed by atoms with E-state index in [0.717, 1.165) is 28.0 Å². The summed E-state index contributed by atoms with van der Waals surface area (Å²) in [5.41, 5.74) is 10.1. The van der Waals surface area contributed by atoms with Gasteiger partial charge in [0.25, 0.3) is 0 Å². The molecule has 2 aromatic heterocycles. The standard InChI is InChI=1S/C15H13N5OS/c1-7-4-8-2-3-10(21)9(8)5-11(7)22-15-19-12-13(16)17-6-18-14(12)20-15/h4-6H,2-3H2,1H3,(H3,16,17,18,19,20). The summed E-state index contributed by atoms with van der Waals surface area (Å²) >= 11 is 1.47. The van der Waals surface area contributed by atoms with E-state index in [4.69, 9.17) is 5.73 Å². The molecule has 4 rings (SSSR count). The quantitative estimate of drug-likeness (QED) is 0.754. The lowest BCUT2D eigenvalue weighted by atomic mass is 10.1. The van der Waals surface area contributed by atoms with Crippen molar-refractivity contribution in [3.8, 4) is 0 Å². The zero-order chi connectivity index (χ0) is 15.3. The number of rotatable bonds is 2. The minimum atomic E-state index is 0.219. The van der Waals surface area contributed by atoms with Gasteiger partial charge >= 0.3 is 0 Å². The first-order chi connectivity index (χ1) is 10.6. The molecule has 0 aliphatic heterocycles. The first-order valence-electron chi connectivity index (χ1n) is 6.92. The lowest BCUT2D eigenvalue weighted by Crippen LogP contribution is -1.93. The summed E-state index contributed by atoms with van der Waals surface area (Å²) in [4.78, 5) is 28.5. The molecule has 6 nitrogen and oxygen atoms in total. The fourth-order valence-corrected chi connectivity index (χ4v) is 3.57. The van der Waals surface area contributed by atoms with Crippen molar-refractivity contribution in [3.05, 3.63) is 35.2 Å². The lowest BCUT2D eigenvalue weighted by molar-refractivity contribution is 0.0994. The molecule has 0 saturated heterocycles. The maximum absolute atomic E-state index is 11.9. The van der Waals surface area contributed by atoms with Gasteiger partial charge in [0.05, 0.1) is 0 Å². The van der Waals surface area contributed by atoms with Crippen molar-refractivity contribution in [2.24, 2.45) is 0 Å². The minimum Gasteiger partial charge on any atom is -0.382 e. The number of ketones is 1. The van der Waals surface area contributed by atoms with Crippen LogP contribution in [0.5, 0.6) is 0 Å². The third kappa shape index (κ3) is 2.05. The zero-order valence-electron chi connectivity index (χ0n) is 11.9. The highest BCUT2D eigenvalue weighted by atomic mass is 32.2. The van der Waals surface area contributed by atoms with Crippen LogP contribution in [0.2, 0.25) is 0 Å². The van der Waals surface area contributed by atoms with Gasteiger partial charge in [-0.05, 0) is 30.5 Å². The Bertz CT molecular complexity index is 918. The molecule has 0 atom stereocenters. The minimum absolute atomic E-state index is 0.219. The number of nitrogens with two attached hydrogens (primary N) is 1. The second-order valence-corrected chi connectivity index (χ2v) is 6.33. The molecule has 22 heavy (non-hydrogen) atoms.